The first-order valence-electron chi connectivity index (χ1n) is 4.78. The lowest BCUT2D eigenvalue weighted by Gasteiger charge is -2.22. The first-order valence-corrected chi connectivity index (χ1v) is 5.41. The predicted molar refractivity (Wildman–Crippen MR) is 55.0 cm³/mol. The maximum Gasteiger partial charge on any atom is 0.220 e. The molecule has 0 saturated carbocycles. The zero-order valence-corrected chi connectivity index (χ0v) is 8.69. The molecule has 1 amide bonds. The summed E-state index contributed by atoms with van der Waals surface area (Å²) < 4.78 is 5.23. The van der Waals surface area contributed by atoms with E-state index in [0.29, 0.717) is 18.1 Å². The minimum absolute atomic E-state index is 0.112. The molecule has 0 aromatic heterocycles. The Bertz CT molecular complexity index is 158. The van der Waals surface area contributed by atoms with Crippen molar-refractivity contribution in [2.24, 2.45) is 5.92 Å². The zero-order valence-electron chi connectivity index (χ0n) is 7.79. The van der Waals surface area contributed by atoms with Crippen LogP contribution in [0, 0.1) is 5.92 Å². The highest BCUT2D eigenvalue weighted by Gasteiger charge is 2.13. The average Bonchev–Trinajstić information content (AvgIpc) is 2.17. The molecule has 1 aliphatic heterocycles. The number of carbonyl (C=O) groups excluding carboxylic acids is 1. The van der Waals surface area contributed by atoms with E-state index >= 15 is 0 Å². The van der Waals surface area contributed by atoms with Gasteiger partial charge in [0.1, 0.15) is 0 Å². The van der Waals surface area contributed by atoms with Crippen LogP contribution in [0.25, 0.3) is 0 Å². The molecule has 1 fully saturated rings. The summed E-state index contributed by atoms with van der Waals surface area (Å²) in [6.07, 6.45) is 2.66. The molecule has 1 aliphatic rings. The van der Waals surface area contributed by atoms with Crippen LogP contribution in [0.5, 0.6) is 0 Å². The molecule has 1 saturated heterocycles. The second kappa shape index (κ2) is 6.27. The van der Waals surface area contributed by atoms with Crippen LogP contribution < -0.4 is 5.32 Å². The van der Waals surface area contributed by atoms with Crippen LogP contribution in [0.2, 0.25) is 0 Å². The van der Waals surface area contributed by atoms with Gasteiger partial charge in [-0.05, 0) is 24.5 Å². The van der Waals surface area contributed by atoms with Gasteiger partial charge in [-0.15, -0.1) is 0 Å². The molecule has 0 bridgehead atoms. The van der Waals surface area contributed by atoms with Crippen LogP contribution in [0.4, 0.5) is 0 Å². The van der Waals surface area contributed by atoms with Crippen molar-refractivity contribution >= 4 is 18.5 Å². The molecule has 1 rings (SSSR count). The predicted octanol–water partition coefficient (Wildman–Crippen LogP) is 0.849. The highest BCUT2D eigenvalue weighted by atomic mass is 32.1. The van der Waals surface area contributed by atoms with Crippen LogP contribution in [0.3, 0.4) is 0 Å². The smallest absolute Gasteiger partial charge is 0.220 e. The van der Waals surface area contributed by atoms with E-state index in [1.54, 1.807) is 0 Å². The second-order valence-electron chi connectivity index (χ2n) is 3.33. The molecule has 0 aromatic rings. The summed E-state index contributed by atoms with van der Waals surface area (Å²) in [5.41, 5.74) is 0. The van der Waals surface area contributed by atoms with Gasteiger partial charge in [0.2, 0.25) is 5.91 Å². The molecular weight excluding hydrogens is 186 g/mol. The Morgan fingerprint density at radius 3 is 2.77 bits per heavy atom. The van der Waals surface area contributed by atoms with Crippen molar-refractivity contribution in [3.05, 3.63) is 0 Å². The van der Waals surface area contributed by atoms with E-state index in [0.717, 1.165) is 32.6 Å². The van der Waals surface area contributed by atoms with Crippen LogP contribution in [0.15, 0.2) is 0 Å². The van der Waals surface area contributed by atoms with E-state index in [9.17, 15) is 4.79 Å². The molecule has 0 spiro atoms. The van der Waals surface area contributed by atoms with Crippen molar-refractivity contribution in [3.8, 4) is 0 Å². The third kappa shape index (κ3) is 4.52. The lowest BCUT2D eigenvalue weighted by molar-refractivity contribution is -0.121. The first-order chi connectivity index (χ1) is 6.33. The topological polar surface area (TPSA) is 38.3 Å². The van der Waals surface area contributed by atoms with Crippen molar-refractivity contribution < 1.29 is 9.53 Å². The quantitative estimate of drug-likeness (QED) is 0.665. The Balaban J connectivity index is 2.06. The third-order valence-corrected chi connectivity index (χ3v) is 2.49. The Morgan fingerprint density at radius 1 is 1.46 bits per heavy atom. The molecule has 13 heavy (non-hydrogen) atoms. The number of rotatable bonds is 4. The summed E-state index contributed by atoms with van der Waals surface area (Å²) in [5, 5.41) is 2.91. The molecule has 4 heteroatoms. The van der Waals surface area contributed by atoms with Gasteiger partial charge in [-0.3, -0.25) is 4.79 Å². The lowest BCUT2D eigenvalue weighted by Crippen LogP contribution is -2.32. The Hall–Kier alpha value is -0.220. The van der Waals surface area contributed by atoms with Crippen molar-refractivity contribution in [1.82, 2.24) is 5.32 Å². The number of amides is 1. The molecular formula is C9H17NO2S. The van der Waals surface area contributed by atoms with Crippen molar-refractivity contribution in [3.63, 3.8) is 0 Å². The first kappa shape index (κ1) is 10.9. The molecule has 0 radical (unpaired) electrons. The van der Waals surface area contributed by atoms with E-state index in [2.05, 4.69) is 17.9 Å². The van der Waals surface area contributed by atoms with Crippen LogP contribution in [-0.4, -0.2) is 31.4 Å². The summed E-state index contributed by atoms with van der Waals surface area (Å²) in [6, 6.07) is 0. The summed E-state index contributed by atoms with van der Waals surface area (Å²) in [7, 11) is 0. The third-order valence-electron chi connectivity index (χ3n) is 2.27. The standard InChI is InChI=1S/C9H17NO2S/c11-9(3-6-13)10-7-8-1-4-12-5-2-8/h8,13H,1-7H2,(H,10,11). The van der Waals surface area contributed by atoms with E-state index in [1.807, 2.05) is 0 Å². The van der Waals surface area contributed by atoms with Crippen molar-refractivity contribution in [2.75, 3.05) is 25.5 Å². The number of hydrogen-bond acceptors (Lipinski definition) is 3. The van der Waals surface area contributed by atoms with Crippen molar-refractivity contribution in [2.45, 2.75) is 19.3 Å². The van der Waals surface area contributed by atoms with Gasteiger partial charge < -0.3 is 10.1 Å². The van der Waals surface area contributed by atoms with Gasteiger partial charge in [-0.1, -0.05) is 0 Å². The fourth-order valence-electron chi connectivity index (χ4n) is 1.40. The number of hydrogen-bond donors (Lipinski definition) is 2. The maximum absolute atomic E-state index is 11.1. The van der Waals surface area contributed by atoms with Gasteiger partial charge in [0.25, 0.3) is 0 Å². The molecule has 0 unspecified atom stereocenters. The average molecular weight is 203 g/mol. The van der Waals surface area contributed by atoms with Gasteiger partial charge in [0.15, 0.2) is 0 Å². The maximum atomic E-state index is 11.1. The van der Waals surface area contributed by atoms with Gasteiger partial charge in [0, 0.05) is 26.2 Å². The van der Waals surface area contributed by atoms with Crippen LogP contribution >= 0.6 is 12.6 Å². The molecule has 1 N–H and O–H groups in total. The fourth-order valence-corrected chi connectivity index (χ4v) is 1.60. The molecule has 0 atom stereocenters. The van der Waals surface area contributed by atoms with Gasteiger partial charge >= 0.3 is 0 Å². The minimum atomic E-state index is 0.112. The van der Waals surface area contributed by atoms with E-state index < -0.39 is 0 Å². The highest BCUT2D eigenvalue weighted by molar-refractivity contribution is 7.80. The molecule has 0 aromatic carbocycles. The summed E-state index contributed by atoms with van der Waals surface area (Å²) in [4.78, 5) is 11.1. The minimum Gasteiger partial charge on any atom is -0.381 e. The van der Waals surface area contributed by atoms with Crippen molar-refractivity contribution in [1.29, 1.82) is 0 Å². The normalized spacial score (nSPS) is 18.5. The van der Waals surface area contributed by atoms with Gasteiger partial charge in [-0.2, -0.15) is 12.6 Å². The van der Waals surface area contributed by atoms with Gasteiger partial charge in [-0.25, -0.2) is 0 Å². The monoisotopic (exact) mass is 203 g/mol. The number of thiol groups is 1. The SMILES string of the molecule is O=C(CCS)NCC1CCOCC1. The lowest BCUT2D eigenvalue weighted by atomic mass is 10.0. The summed E-state index contributed by atoms with van der Waals surface area (Å²) in [6.45, 7) is 2.48. The van der Waals surface area contributed by atoms with Crippen LogP contribution in [-0.2, 0) is 9.53 Å². The molecule has 3 nitrogen and oxygen atoms in total. The zero-order chi connectivity index (χ0) is 9.52. The molecule has 1 heterocycles. The van der Waals surface area contributed by atoms with E-state index in [4.69, 9.17) is 4.74 Å². The number of carbonyl (C=O) groups is 1. The Kier molecular flexibility index (Phi) is 5.23. The molecule has 76 valence electrons. The highest BCUT2D eigenvalue weighted by Crippen LogP contribution is 2.12. The summed E-state index contributed by atoms with van der Waals surface area (Å²) in [5.74, 6) is 1.35. The number of ether oxygens (including phenoxy) is 1. The number of nitrogens with one attached hydrogen (secondary N) is 1. The largest absolute Gasteiger partial charge is 0.381 e. The van der Waals surface area contributed by atoms with Gasteiger partial charge in [0.05, 0.1) is 0 Å². The van der Waals surface area contributed by atoms with Crippen LogP contribution in [0.1, 0.15) is 19.3 Å². The molecule has 0 aliphatic carbocycles. The fraction of sp³-hybridized carbons (Fsp3) is 0.889. The Labute approximate surface area is 84.6 Å². The summed E-state index contributed by atoms with van der Waals surface area (Å²) >= 11 is 4.00. The Morgan fingerprint density at radius 2 is 2.15 bits per heavy atom. The second-order valence-corrected chi connectivity index (χ2v) is 3.78. The van der Waals surface area contributed by atoms with E-state index in [1.165, 1.54) is 0 Å². The van der Waals surface area contributed by atoms with E-state index in [-0.39, 0.29) is 5.91 Å².